The van der Waals surface area contributed by atoms with Gasteiger partial charge in [-0.1, -0.05) is 42.0 Å². The smallest absolute Gasteiger partial charge is 0.475 e. The number of nitrogens with zero attached hydrogens (tertiary/aromatic N) is 1. The number of carbonyl (C=O) groups is 2. The molecule has 0 aliphatic rings. The fourth-order valence-corrected chi connectivity index (χ4v) is 2.33. The molecule has 0 unspecified atom stereocenters. The van der Waals surface area contributed by atoms with Gasteiger partial charge in [0.1, 0.15) is 0 Å². The molecule has 0 fully saturated rings. The molecule has 0 spiro atoms. The normalized spacial score (nSPS) is 10.5. The SMILES string of the molecule is Cc1cccc(CNC(=O)Nc2ccc(-c3cn[nH]c3)cc2)c1.O=C(O)C(F)(F)F. The van der Waals surface area contributed by atoms with Crippen LogP contribution in [0, 0.1) is 6.92 Å². The van der Waals surface area contributed by atoms with E-state index in [2.05, 4.69) is 26.9 Å². The van der Waals surface area contributed by atoms with E-state index in [1.807, 2.05) is 55.6 Å². The predicted octanol–water partition coefficient (Wildman–Crippen LogP) is 4.34. The molecule has 0 radical (unpaired) electrons. The minimum Gasteiger partial charge on any atom is -0.475 e. The Labute approximate surface area is 169 Å². The van der Waals surface area contributed by atoms with Crippen molar-refractivity contribution in [1.29, 1.82) is 0 Å². The van der Waals surface area contributed by atoms with E-state index in [9.17, 15) is 18.0 Å². The fraction of sp³-hybridized carbons (Fsp3) is 0.150. The summed E-state index contributed by atoms with van der Waals surface area (Å²) in [5.41, 5.74) is 5.07. The summed E-state index contributed by atoms with van der Waals surface area (Å²) in [6.45, 7) is 2.53. The van der Waals surface area contributed by atoms with E-state index in [0.29, 0.717) is 6.54 Å². The zero-order chi connectivity index (χ0) is 22.1. The highest BCUT2D eigenvalue weighted by Crippen LogP contribution is 2.19. The number of rotatable bonds is 4. The lowest BCUT2D eigenvalue weighted by molar-refractivity contribution is -0.192. The summed E-state index contributed by atoms with van der Waals surface area (Å²) in [6.07, 6.45) is -1.49. The summed E-state index contributed by atoms with van der Waals surface area (Å²) < 4.78 is 31.7. The molecule has 4 N–H and O–H groups in total. The van der Waals surface area contributed by atoms with Gasteiger partial charge >= 0.3 is 18.2 Å². The Hall–Kier alpha value is -3.82. The molecule has 0 aliphatic heterocycles. The van der Waals surface area contributed by atoms with Crippen molar-refractivity contribution >= 4 is 17.7 Å². The van der Waals surface area contributed by atoms with Gasteiger partial charge in [0, 0.05) is 24.0 Å². The standard InChI is InChI=1S/C18H18N4O.C2HF3O2/c1-13-3-2-4-14(9-13)10-19-18(23)22-17-7-5-15(6-8-17)16-11-20-21-12-16;3-2(4,5)1(6)7/h2-9,11-12H,10H2,1H3,(H,20,21)(H2,19,22,23);(H,6,7). The molecule has 0 aliphatic carbocycles. The maximum absolute atomic E-state index is 11.9. The topological polar surface area (TPSA) is 107 Å². The number of aromatic nitrogens is 2. The van der Waals surface area contributed by atoms with Crippen molar-refractivity contribution in [2.75, 3.05) is 5.32 Å². The highest BCUT2D eigenvalue weighted by Gasteiger charge is 2.38. The number of carbonyl (C=O) groups excluding carboxylic acids is 1. The van der Waals surface area contributed by atoms with E-state index in [0.717, 1.165) is 22.4 Å². The Balaban J connectivity index is 0.000000396. The van der Waals surface area contributed by atoms with E-state index in [4.69, 9.17) is 9.90 Å². The van der Waals surface area contributed by atoms with Gasteiger partial charge in [0.05, 0.1) is 6.20 Å². The zero-order valence-electron chi connectivity index (χ0n) is 15.8. The predicted molar refractivity (Wildman–Crippen MR) is 105 cm³/mol. The number of alkyl halides is 3. The first kappa shape index (κ1) is 22.5. The molecule has 1 aromatic heterocycles. The van der Waals surface area contributed by atoms with Crippen LogP contribution in [0.15, 0.2) is 60.9 Å². The Morgan fingerprint density at radius 2 is 1.77 bits per heavy atom. The molecule has 3 rings (SSSR count). The second kappa shape index (κ2) is 10.1. The van der Waals surface area contributed by atoms with Gasteiger partial charge in [0.25, 0.3) is 0 Å². The fourth-order valence-electron chi connectivity index (χ4n) is 2.33. The molecule has 1 heterocycles. The van der Waals surface area contributed by atoms with Gasteiger partial charge in [-0.3, -0.25) is 5.10 Å². The largest absolute Gasteiger partial charge is 0.490 e. The molecule has 3 aromatic rings. The Kier molecular flexibility index (Phi) is 7.56. The molecule has 7 nitrogen and oxygen atoms in total. The van der Waals surface area contributed by atoms with Crippen molar-refractivity contribution < 1.29 is 27.9 Å². The highest BCUT2D eigenvalue weighted by atomic mass is 19.4. The van der Waals surface area contributed by atoms with Crippen LogP contribution in [0.1, 0.15) is 11.1 Å². The van der Waals surface area contributed by atoms with Crippen LogP contribution in [-0.4, -0.2) is 33.5 Å². The van der Waals surface area contributed by atoms with Crippen LogP contribution in [-0.2, 0) is 11.3 Å². The monoisotopic (exact) mass is 420 g/mol. The number of carboxylic acids is 1. The molecule has 2 aromatic carbocycles. The van der Waals surface area contributed by atoms with Gasteiger partial charge in [-0.2, -0.15) is 18.3 Å². The Morgan fingerprint density at radius 3 is 2.30 bits per heavy atom. The van der Waals surface area contributed by atoms with Crippen LogP contribution < -0.4 is 10.6 Å². The number of aryl methyl sites for hydroxylation is 1. The van der Waals surface area contributed by atoms with Crippen molar-refractivity contribution in [2.45, 2.75) is 19.6 Å². The van der Waals surface area contributed by atoms with Gasteiger partial charge in [0.15, 0.2) is 0 Å². The minimum atomic E-state index is -5.08. The second-order valence-electron chi connectivity index (χ2n) is 6.16. The molecule has 30 heavy (non-hydrogen) atoms. The number of hydrogen-bond acceptors (Lipinski definition) is 3. The minimum absolute atomic E-state index is 0.220. The first-order valence-electron chi connectivity index (χ1n) is 8.65. The number of H-pyrrole nitrogens is 1. The van der Waals surface area contributed by atoms with Crippen LogP contribution in [0.5, 0.6) is 0 Å². The van der Waals surface area contributed by atoms with Crippen molar-refractivity contribution in [3.05, 3.63) is 72.1 Å². The number of benzene rings is 2. The molecule has 0 bridgehead atoms. The van der Waals surface area contributed by atoms with Crippen molar-refractivity contribution in [2.24, 2.45) is 0 Å². The summed E-state index contributed by atoms with van der Waals surface area (Å²) in [7, 11) is 0. The summed E-state index contributed by atoms with van der Waals surface area (Å²) in [6, 6.07) is 15.5. The number of carboxylic acid groups (broad SMARTS) is 1. The Morgan fingerprint density at radius 1 is 1.10 bits per heavy atom. The molecule has 158 valence electrons. The highest BCUT2D eigenvalue weighted by molar-refractivity contribution is 5.89. The third kappa shape index (κ3) is 7.30. The molecule has 0 atom stereocenters. The van der Waals surface area contributed by atoms with E-state index < -0.39 is 12.1 Å². The molecule has 0 saturated heterocycles. The van der Waals surface area contributed by atoms with Gasteiger partial charge in [-0.05, 0) is 30.2 Å². The molecular weight excluding hydrogens is 401 g/mol. The van der Waals surface area contributed by atoms with Gasteiger partial charge in [-0.15, -0.1) is 0 Å². The number of anilines is 1. The zero-order valence-corrected chi connectivity index (χ0v) is 15.8. The molecular formula is C20H19F3N4O3. The van der Waals surface area contributed by atoms with Gasteiger partial charge < -0.3 is 15.7 Å². The molecule has 2 amide bonds. The number of aromatic amines is 1. The van der Waals surface area contributed by atoms with E-state index in [1.165, 1.54) is 5.56 Å². The van der Waals surface area contributed by atoms with E-state index in [1.54, 1.807) is 6.20 Å². The van der Waals surface area contributed by atoms with Crippen LogP contribution in [0.25, 0.3) is 11.1 Å². The molecule has 0 saturated carbocycles. The van der Waals surface area contributed by atoms with E-state index >= 15 is 0 Å². The summed E-state index contributed by atoms with van der Waals surface area (Å²) >= 11 is 0. The third-order valence-electron chi connectivity index (χ3n) is 3.75. The van der Waals surface area contributed by atoms with Crippen molar-refractivity contribution in [3.63, 3.8) is 0 Å². The van der Waals surface area contributed by atoms with Crippen LogP contribution in [0.4, 0.5) is 23.7 Å². The summed E-state index contributed by atoms with van der Waals surface area (Å²) in [4.78, 5) is 20.8. The average Bonchev–Trinajstić information content (AvgIpc) is 3.22. The van der Waals surface area contributed by atoms with Crippen LogP contribution >= 0.6 is 0 Å². The van der Waals surface area contributed by atoms with Gasteiger partial charge in [0.2, 0.25) is 0 Å². The molecule has 10 heteroatoms. The maximum atomic E-state index is 11.9. The van der Waals surface area contributed by atoms with Crippen LogP contribution in [0.2, 0.25) is 0 Å². The summed E-state index contributed by atoms with van der Waals surface area (Å²) in [5, 5.41) is 19.5. The van der Waals surface area contributed by atoms with Crippen molar-refractivity contribution in [3.8, 4) is 11.1 Å². The number of urea groups is 1. The summed E-state index contributed by atoms with van der Waals surface area (Å²) in [5.74, 6) is -2.76. The number of amides is 2. The third-order valence-corrected chi connectivity index (χ3v) is 3.75. The quantitative estimate of drug-likeness (QED) is 0.504. The lowest BCUT2D eigenvalue weighted by Crippen LogP contribution is -2.28. The van der Waals surface area contributed by atoms with Crippen LogP contribution in [0.3, 0.4) is 0 Å². The lowest BCUT2D eigenvalue weighted by atomic mass is 10.1. The Bertz CT molecular complexity index is 972. The number of aliphatic carboxylic acids is 1. The second-order valence-corrected chi connectivity index (χ2v) is 6.16. The van der Waals surface area contributed by atoms with E-state index in [-0.39, 0.29) is 6.03 Å². The van der Waals surface area contributed by atoms with Crippen molar-refractivity contribution in [1.82, 2.24) is 15.5 Å². The van der Waals surface area contributed by atoms with Gasteiger partial charge in [-0.25, -0.2) is 9.59 Å². The maximum Gasteiger partial charge on any atom is 0.490 e. The average molecular weight is 420 g/mol. The number of halogens is 3. The lowest BCUT2D eigenvalue weighted by Gasteiger charge is -2.08. The number of nitrogens with one attached hydrogen (secondary N) is 3. The first-order valence-corrected chi connectivity index (χ1v) is 8.65. The number of hydrogen-bond donors (Lipinski definition) is 4. The first-order chi connectivity index (χ1) is 14.1.